The SMILES string of the molecule is CNc1cc(Cl)cnc1C(=O)c1cccnc1C. The molecule has 0 unspecified atom stereocenters. The maximum Gasteiger partial charge on any atom is 0.215 e. The zero-order chi connectivity index (χ0) is 13.1. The Morgan fingerprint density at radius 3 is 2.83 bits per heavy atom. The molecule has 0 radical (unpaired) electrons. The average molecular weight is 262 g/mol. The van der Waals surface area contributed by atoms with Gasteiger partial charge in [-0.15, -0.1) is 0 Å². The third-order valence-electron chi connectivity index (χ3n) is 2.59. The highest BCUT2D eigenvalue weighted by molar-refractivity contribution is 6.31. The highest BCUT2D eigenvalue weighted by atomic mass is 35.5. The molecule has 0 spiro atoms. The normalized spacial score (nSPS) is 10.2. The molecule has 0 amide bonds. The fourth-order valence-electron chi connectivity index (χ4n) is 1.66. The smallest absolute Gasteiger partial charge is 0.215 e. The van der Waals surface area contributed by atoms with Crippen molar-refractivity contribution in [3.63, 3.8) is 0 Å². The summed E-state index contributed by atoms with van der Waals surface area (Å²) in [4.78, 5) is 20.6. The molecule has 5 heteroatoms. The lowest BCUT2D eigenvalue weighted by Crippen LogP contribution is -2.10. The molecule has 2 heterocycles. The molecule has 0 aliphatic carbocycles. The van der Waals surface area contributed by atoms with Gasteiger partial charge in [-0.2, -0.15) is 0 Å². The Morgan fingerprint density at radius 2 is 2.17 bits per heavy atom. The summed E-state index contributed by atoms with van der Waals surface area (Å²) in [5.41, 5.74) is 2.18. The average Bonchev–Trinajstić information content (AvgIpc) is 2.38. The van der Waals surface area contributed by atoms with Crippen molar-refractivity contribution in [1.29, 1.82) is 0 Å². The molecule has 18 heavy (non-hydrogen) atoms. The second-order valence-corrected chi connectivity index (χ2v) is 4.20. The molecule has 0 aliphatic heterocycles. The summed E-state index contributed by atoms with van der Waals surface area (Å²) in [7, 11) is 1.72. The van der Waals surface area contributed by atoms with E-state index in [1.165, 1.54) is 6.20 Å². The lowest BCUT2D eigenvalue weighted by molar-refractivity contribution is 0.103. The Hall–Kier alpha value is -1.94. The van der Waals surface area contributed by atoms with E-state index in [0.29, 0.717) is 27.7 Å². The van der Waals surface area contributed by atoms with E-state index in [2.05, 4.69) is 15.3 Å². The number of nitrogens with zero attached hydrogens (tertiary/aromatic N) is 2. The van der Waals surface area contributed by atoms with Gasteiger partial charge in [0.25, 0.3) is 0 Å². The van der Waals surface area contributed by atoms with Gasteiger partial charge >= 0.3 is 0 Å². The first-order valence-electron chi connectivity index (χ1n) is 5.43. The first-order chi connectivity index (χ1) is 8.63. The number of anilines is 1. The van der Waals surface area contributed by atoms with Crippen molar-refractivity contribution in [3.05, 3.63) is 52.6 Å². The molecule has 0 aliphatic rings. The van der Waals surface area contributed by atoms with Crippen molar-refractivity contribution in [3.8, 4) is 0 Å². The molecule has 2 aromatic heterocycles. The number of halogens is 1. The van der Waals surface area contributed by atoms with Gasteiger partial charge in [-0.25, -0.2) is 4.98 Å². The minimum atomic E-state index is -0.165. The number of carbonyl (C=O) groups excluding carboxylic acids is 1. The summed E-state index contributed by atoms with van der Waals surface area (Å²) in [5.74, 6) is -0.165. The highest BCUT2D eigenvalue weighted by Crippen LogP contribution is 2.21. The minimum absolute atomic E-state index is 0.165. The molecule has 4 nitrogen and oxygen atoms in total. The van der Waals surface area contributed by atoms with Crippen LogP contribution in [0, 0.1) is 6.92 Å². The van der Waals surface area contributed by atoms with Crippen LogP contribution in [0.5, 0.6) is 0 Å². The number of hydrogen-bond donors (Lipinski definition) is 1. The number of pyridine rings is 2. The van der Waals surface area contributed by atoms with Crippen LogP contribution in [0.25, 0.3) is 0 Å². The van der Waals surface area contributed by atoms with Crippen molar-refractivity contribution in [2.45, 2.75) is 6.92 Å². The zero-order valence-corrected chi connectivity index (χ0v) is 10.8. The van der Waals surface area contributed by atoms with E-state index in [1.807, 2.05) is 0 Å². The first-order valence-corrected chi connectivity index (χ1v) is 5.81. The van der Waals surface area contributed by atoms with E-state index in [0.717, 1.165) is 0 Å². The van der Waals surface area contributed by atoms with E-state index in [9.17, 15) is 4.79 Å². The van der Waals surface area contributed by atoms with Gasteiger partial charge in [-0.05, 0) is 25.1 Å². The van der Waals surface area contributed by atoms with Gasteiger partial charge in [0.05, 0.1) is 10.7 Å². The van der Waals surface area contributed by atoms with E-state index >= 15 is 0 Å². The standard InChI is InChI=1S/C13H12ClN3O/c1-8-10(4-3-5-16-8)13(18)12-11(15-2)6-9(14)7-17-12/h3-7,15H,1-2H3. The highest BCUT2D eigenvalue weighted by Gasteiger charge is 2.17. The molecule has 92 valence electrons. The van der Waals surface area contributed by atoms with Gasteiger partial charge in [0.15, 0.2) is 0 Å². The number of rotatable bonds is 3. The van der Waals surface area contributed by atoms with Crippen LogP contribution in [0.4, 0.5) is 5.69 Å². The third kappa shape index (κ3) is 2.33. The van der Waals surface area contributed by atoms with Crippen LogP contribution in [0.15, 0.2) is 30.6 Å². The second-order valence-electron chi connectivity index (χ2n) is 3.77. The van der Waals surface area contributed by atoms with Crippen molar-refractivity contribution in [1.82, 2.24) is 9.97 Å². The van der Waals surface area contributed by atoms with E-state index in [1.54, 1.807) is 38.4 Å². The Morgan fingerprint density at radius 1 is 1.39 bits per heavy atom. The third-order valence-corrected chi connectivity index (χ3v) is 2.80. The van der Waals surface area contributed by atoms with Crippen LogP contribution in [0.2, 0.25) is 5.02 Å². The summed E-state index contributed by atoms with van der Waals surface area (Å²) < 4.78 is 0. The fraction of sp³-hybridized carbons (Fsp3) is 0.154. The van der Waals surface area contributed by atoms with Gasteiger partial charge in [0.1, 0.15) is 5.69 Å². The molecule has 0 bridgehead atoms. The number of nitrogens with one attached hydrogen (secondary N) is 1. The van der Waals surface area contributed by atoms with Gasteiger partial charge in [0.2, 0.25) is 5.78 Å². The minimum Gasteiger partial charge on any atom is -0.386 e. The molecule has 2 rings (SSSR count). The topological polar surface area (TPSA) is 54.9 Å². The Bertz CT molecular complexity index is 599. The fourth-order valence-corrected chi connectivity index (χ4v) is 1.82. The van der Waals surface area contributed by atoms with Crippen molar-refractivity contribution >= 4 is 23.1 Å². The van der Waals surface area contributed by atoms with Crippen LogP contribution in [0.3, 0.4) is 0 Å². The van der Waals surface area contributed by atoms with Gasteiger partial charge < -0.3 is 5.32 Å². The van der Waals surface area contributed by atoms with E-state index < -0.39 is 0 Å². The summed E-state index contributed by atoms with van der Waals surface area (Å²) in [6.07, 6.45) is 3.11. The molecule has 0 saturated heterocycles. The first kappa shape index (κ1) is 12.5. The monoisotopic (exact) mass is 261 g/mol. The number of hydrogen-bond acceptors (Lipinski definition) is 4. The van der Waals surface area contributed by atoms with Crippen molar-refractivity contribution < 1.29 is 4.79 Å². The molecule has 1 N–H and O–H groups in total. The predicted octanol–water partition coefficient (Wildman–Crippen LogP) is 2.71. The lowest BCUT2D eigenvalue weighted by atomic mass is 10.1. The van der Waals surface area contributed by atoms with E-state index in [4.69, 9.17) is 11.6 Å². The molecular weight excluding hydrogens is 250 g/mol. The molecule has 2 aromatic rings. The predicted molar refractivity (Wildman–Crippen MR) is 71.2 cm³/mol. The summed E-state index contributed by atoms with van der Waals surface area (Å²) in [6.45, 7) is 1.79. The van der Waals surface area contributed by atoms with Crippen LogP contribution in [-0.4, -0.2) is 22.8 Å². The maximum atomic E-state index is 12.4. The quantitative estimate of drug-likeness (QED) is 0.863. The number of aromatic nitrogens is 2. The van der Waals surface area contributed by atoms with Gasteiger partial charge in [-0.1, -0.05) is 11.6 Å². The van der Waals surface area contributed by atoms with E-state index in [-0.39, 0.29) is 5.78 Å². The summed E-state index contributed by atoms with van der Waals surface area (Å²) in [6, 6.07) is 5.14. The maximum absolute atomic E-state index is 12.4. The largest absolute Gasteiger partial charge is 0.386 e. The summed E-state index contributed by atoms with van der Waals surface area (Å²) >= 11 is 5.85. The molecular formula is C13H12ClN3O. The molecule has 0 fully saturated rings. The number of ketones is 1. The zero-order valence-electron chi connectivity index (χ0n) is 10.1. The molecule has 0 saturated carbocycles. The lowest BCUT2D eigenvalue weighted by Gasteiger charge is -2.08. The van der Waals surface area contributed by atoms with Gasteiger partial charge in [0, 0.05) is 30.7 Å². The number of carbonyl (C=O) groups is 1. The Kier molecular flexibility index (Phi) is 3.58. The van der Waals surface area contributed by atoms with Crippen LogP contribution in [0.1, 0.15) is 21.7 Å². The molecule has 0 aromatic carbocycles. The van der Waals surface area contributed by atoms with Gasteiger partial charge in [-0.3, -0.25) is 9.78 Å². The summed E-state index contributed by atoms with van der Waals surface area (Å²) in [5, 5.41) is 3.40. The van der Waals surface area contributed by atoms with Crippen LogP contribution in [-0.2, 0) is 0 Å². The second kappa shape index (κ2) is 5.14. The Labute approximate surface area is 110 Å². The molecule has 0 atom stereocenters. The van der Waals surface area contributed by atoms with Crippen LogP contribution < -0.4 is 5.32 Å². The van der Waals surface area contributed by atoms with Crippen molar-refractivity contribution in [2.75, 3.05) is 12.4 Å². The number of aryl methyl sites for hydroxylation is 1. The van der Waals surface area contributed by atoms with Crippen LogP contribution >= 0.6 is 11.6 Å². The van der Waals surface area contributed by atoms with Crippen molar-refractivity contribution in [2.24, 2.45) is 0 Å². The Balaban J connectivity index is 2.50.